The first-order chi connectivity index (χ1) is 15.7. The highest BCUT2D eigenvalue weighted by molar-refractivity contribution is 6.19. The Morgan fingerprint density at radius 2 is 0.853 bits per heavy atom. The number of rotatable bonds is 2. The van der Waals surface area contributed by atoms with Gasteiger partial charge in [0, 0.05) is 39.8 Å². The molecular formula is C24H24O10. The molecule has 0 unspecified atom stereocenters. The summed E-state index contributed by atoms with van der Waals surface area (Å²) in [6.45, 7) is 9.52. The van der Waals surface area contributed by atoms with Gasteiger partial charge in [0.15, 0.2) is 0 Å². The second kappa shape index (κ2) is 9.05. The topological polar surface area (TPSA) is 131 Å². The van der Waals surface area contributed by atoms with E-state index in [4.69, 9.17) is 27.8 Å². The van der Waals surface area contributed by atoms with Gasteiger partial charge in [-0.3, -0.25) is 0 Å². The fraction of sp³-hybridized carbons (Fsp3) is 0.333. The molecule has 0 N–H and O–H groups in total. The highest BCUT2D eigenvalue weighted by atomic mass is 16.7. The summed E-state index contributed by atoms with van der Waals surface area (Å²) in [6, 6.07) is 6.77. The largest absolute Gasteiger partial charge is 0.462 e. The number of furan rings is 2. The van der Waals surface area contributed by atoms with Gasteiger partial charge in [0.25, 0.3) is 11.6 Å². The third-order valence-corrected chi connectivity index (χ3v) is 4.33. The number of ether oxygens (including phenoxy) is 4. The molecule has 0 atom stereocenters. The average molecular weight is 472 g/mol. The lowest BCUT2D eigenvalue weighted by atomic mass is 10.2. The van der Waals surface area contributed by atoms with E-state index < -0.39 is 35.5 Å². The summed E-state index contributed by atoms with van der Waals surface area (Å²) in [4.78, 5) is 46.4. The molecule has 0 saturated carbocycles. The zero-order valence-corrected chi connectivity index (χ0v) is 19.5. The summed E-state index contributed by atoms with van der Waals surface area (Å²) in [7, 11) is 0. The normalized spacial score (nSPS) is 18.6. The quantitative estimate of drug-likeness (QED) is 0.363. The Bertz CT molecular complexity index is 1060. The summed E-state index contributed by atoms with van der Waals surface area (Å²) >= 11 is 0. The van der Waals surface area contributed by atoms with Crippen LogP contribution in [0.1, 0.15) is 50.7 Å². The summed E-state index contributed by atoms with van der Waals surface area (Å²) in [5.74, 6) is -3.07. The molecule has 0 bridgehead atoms. The monoisotopic (exact) mass is 472 g/mol. The van der Waals surface area contributed by atoms with E-state index in [0.29, 0.717) is 23.0 Å². The molecular weight excluding hydrogens is 448 g/mol. The third kappa shape index (κ3) is 6.03. The van der Waals surface area contributed by atoms with E-state index in [1.807, 2.05) is 0 Å². The second-order valence-corrected chi connectivity index (χ2v) is 8.37. The summed E-state index contributed by atoms with van der Waals surface area (Å²) in [5.41, 5.74) is -0.336. The van der Waals surface area contributed by atoms with Crippen LogP contribution >= 0.6 is 0 Å². The Morgan fingerprint density at radius 1 is 0.559 bits per heavy atom. The Labute approximate surface area is 195 Å². The number of carbonyl (C=O) groups is 4. The van der Waals surface area contributed by atoms with E-state index in [1.165, 1.54) is 39.8 Å². The van der Waals surface area contributed by atoms with Gasteiger partial charge in [-0.25, -0.2) is 19.2 Å². The maximum atomic E-state index is 11.6. The van der Waals surface area contributed by atoms with Crippen molar-refractivity contribution in [2.75, 3.05) is 0 Å². The smallest absolute Gasteiger partial charge is 0.348 e. The zero-order valence-electron chi connectivity index (χ0n) is 19.5. The lowest BCUT2D eigenvalue weighted by Crippen LogP contribution is -2.41. The van der Waals surface area contributed by atoms with Crippen LogP contribution < -0.4 is 0 Å². The van der Waals surface area contributed by atoms with E-state index in [-0.39, 0.29) is 11.1 Å². The molecule has 0 aliphatic carbocycles. The van der Waals surface area contributed by atoms with Crippen LogP contribution in [-0.4, -0.2) is 35.5 Å². The first-order valence-electron chi connectivity index (χ1n) is 10.2. The Morgan fingerprint density at radius 3 is 1.09 bits per heavy atom. The lowest BCUT2D eigenvalue weighted by molar-refractivity contribution is -0.224. The van der Waals surface area contributed by atoms with Crippen LogP contribution in [0, 0.1) is 13.8 Å². The first kappa shape index (κ1) is 24.6. The molecule has 34 heavy (non-hydrogen) atoms. The van der Waals surface area contributed by atoms with E-state index in [1.54, 1.807) is 38.1 Å². The standard InChI is InChI=1S/2C12H12O5/c2*1-7-4-5-8(15-7)6-9-10(13)16-12(2,3)17-11(9)14/h2*4-6H,1-3H3. The van der Waals surface area contributed by atoms with Crippen LogP contribution in [0.25, 0.3) is 12.2 Å². The molecule has 2 fully saturated rings. The molecule has 0 spiro atoms. The highest BCUT2D eigenvalue weighted by Crippen LogP contribution is 2.25. The van der Waals surface area contributed by atoms with Gasteiger partial charge < -0.3 is 27.8 Å². The molecule has 2 aliphatic rings. The van der Waals surface area contributed by atoms with Crippen molar-refractivity contribution >= 4 is 36.0 Å². The van der Waals surface area contributed by atoms with Crippen molar-refractivity contribution in [2.45, 2.75) is 53.1 Å². The summed E-state index contributed by atoms with van der Waals surface area (Å²) in [5, 5.41) is 0. The molecule has 0 radical (unpaired) electrons. The predicted molar refractivity (Wildman–Crippen MR) is 115 cm³/mol. The minimum Gasteiger partial charge on any atom is -0.462 e. The molecule has 4 rings (SSSR count). The van der Waals surface area contributed by atoms with Gasteiger partial charge in [-0.2, -0.15) is 0 Å². The van der Waals surface area contributed by atoms with Crippen LogP contribution in [0.4, 0.5) is 0 Å². The van der Waals surface area contributed by atoms with Crippen molar-refractivity contribution in [1.29, 1.82) is 0 Å². The molecule has 2 aliphatic heterocycles. The van der Waals surface area contributed by atoms with E-state index in [2.05, 4.69) is 0 Å². The fourth-order valence-electron chi connectivity index (χ4n) is 2.90. The highest BCUT2D eigenvalue weighted by Gasteiger charge is 2.40. The number of cyclic esters (lactones) is 4. The minimum absolute atomic E-state index is 0.168. The molecule has 2 aromatic rings. The van der Waals surface area contributed by atoms with Crippen molar-refractivity contribution in [1.82, 2.24) is 0 Å². The van der Waals surface area contributed by atoms with E-state index >= 15 is 0 Å². The van der Waals surface area contributed by atoms with Crippen LogP contribution in [0.5, 0.6) is 0 Å². The van der Waals surface area contributed by atoms with Crippen molar-refractivity contribution in [3.05, 3.63) is 58.5 Å². The van der Waals surface area contributed by atoms with Gasteiger partial charge in [-0.15, -0.1) is 0 Å². The molecule has 2 saturated heterocycles. The molecule has 0 aromatic carbocycles. The SMILES string of the molecule is Cc1ccc(C=C2C(=O)OC(C)(C)OC2=O)o1.Cc1ccc(C=C2C(=O)OC(C)(C)OC2=O)o1. The molecule has 10 nitrogen and oxygen atoms in total. The minimum atomic E-state index is -1.22. The van der Waals surface area contributed by atoms with Crippen LogP contribution in [0.2, 0.25) is 0 Å². The van der Waals surface area contributed by atoms with Gasteiger partial charge in [-0.05, 0) is 38.1 Å². The van der Waals surface area contributed by atoms with Crippen molar-refractivity contribution < 1.29 is 47.0 Å². The molecule has 10 heteroatoms. The van der Waals surface area contributed by atoms with Gasteiger partial charge in [-0.1, -0.05) is 0 Å². The number of esters is 4. The molecule has 0 amide bonds. The number of hydrogen-bond acceptors (Lipinski definition) is 10. The second-order valence-electron chi connectivity index (χ2n) is 8.37. The van der Waals surface area contributed by atoms with Crippen LogP contribution in [-0.2, 0) is 38.1 Å². The number of hydrogen-bond donors (Lipinski definition) is 0. The van der Waals surface area contributed by atoms with Crippen LogP contribution in [0.15, 0.2) is 44.2 Å². The maximum absolute atomic E-state index is 11.6. The molecule has 2 aromatic heterocycles. The van der Waals surface area contributed by atoms with Crippen molar-refractivity contribution in [3.8, 4) is 0 Å². The zero-order chi connectivity index (χ0) is 25.3. The molecule has 4 heterocycles. The van der Waals surface area contributed by atoms with Gasteiger partial charge in [0.1, 0.15) is 34.2 Å². The third-order valence-electron chi connectivity index (χ3n) is 4.33. The fourth-order valence-corrected chi connectivity index (χ4v) is 2.90. The van der Waals surface area contributed by atoms with Gasteiger partial charge in [0.2, 0.25) is 0 Å². The first-order valence-corrected chi connectivity index (χ1v) is 10.2. The number of carbonyl (C=O) groups excluding carboxylic acids is 4. The Balaban J connectivity index is 0.000000191. The van der Waals surface area contributed by atoms with Crippen molar-refractivity contribution in [2.24, 2.45) is 0 Å². The average Bonchev–Trinajstić information content (AvgIpc) is 3.28. The van der Waals surface area contributed by atoms with Gasteiger partial charge >= 0.3 is 23.9 Å². The summed E-state index contributed by atoms with van der Waals surface area (Å²) in [6.07, 6.45) is 2.62. The van der Waals surface area contributed by atoms with E-state index in [9.17, 15) is 19.2 Å². The van der Waals surface area contributed by atoms with Crippen molar-refractivity contribution in [3.63, 3.8) is 0 Å². The van der Waals surface area contributed by atoms with Crippen LogP contribution in [0.3, 0.4) is 0 Å². The Hall–Kier alpha value is -4.08. The maximum Gasteiger partial charge on any atom is 0.348 e. The van der Waals surface area contributed by atoms with Gasteiger partial charge in [0.05, 0.1) is 0 Å². The number of aryl methyl sites for hydroxylation is 2. The molecule has 180 valence electrons. The lowest BCUT2D eigenvalue weighted by Gasteiger charge is -2.29. The Kier molecular flexibility index (Phi) is 6.53. The summed E-state index contributed by atoms with van der Waals surface area (Å²) < 4.78 is 30.3. The van der Waals surface area contributed by atoms with E-state index in [0.717, 1.165) is 0 Å². The predicted octanol–water partition coefficient (Wildman–Crippen LogP) is 3.62.